The normalized spacial score (nSPS) is 10.2. The number of hydrogen-bond acceptors (Lipinski definition) is 3. The van der Waals surface area contributed by atoms with E-state index in [1.54, 1.807) is 0 Å². The molecule has 0 heterocycles. The van der Waals surface area contributed by atoms with Crippen molar-refractivity contribution in [2.45, 2.75) is 12.8 Å². The van der Waals surface area contributed by atoms with Crippen LogP contribution in [0.4, 0.5) is 15.8 Å². The van der Waals surface area contributed by atoms with Crippen molar-refractivity contribution in [2.75, 3.05) is 24.3 Å². The van der Waals surface area contributed by atoms with Gasteiger partial charge in [0.15, 0.2) is 5.78 Å². The lowest BCUT2D eigenvalue weighted by Gasteiger charge is -2.13. The summed E-state index contributed by atoms with van der Waals surface area (Å²) < 4.78 is 12.8. The quantitative estimate of drug-likeness (QED) is 0.830. The van der Waals surface area contributed by atoms with Crippen molar-refractivity contribution in [1.29, 1.82) is 0 Å². The number of halogens is 1. The Morgan fingerprint density at radius 3 is 2.13 bits per heavy atom. The molecule has 0 fully saturated rings. The van der Waals surface area contributed by atoms with Gasteiger partial charge in [-0.2, -0.15) is 0 Å². The number of rotatable bonds is 6. The van der Waals surface area contributed by atoms with Gasteiger partial charge >= 0.3 is 0 Å². The smallest absolute Gasteiger partial charge is 0.224 e. The fourth-order valence-corrected chi connectivity index (χ4v) is 2.07. The van der Waals surface area contributed by atoms with E-state index in [1.165, 1.54) is 24.3 Å². The first kappa shape index (κ1) is 16.7. The first-order chi connectivity index (χ1) is 11.0. The number of nitrogens with zero attached hydrogens (tertiary/aromatic N) is 1. The van der Waals surface area contributed by atoms with Gasteiger partial charge in [0.2, 0.25) is 5.91 Å². The number of carbonyl (C=O) groups excluding carboxylic acids is 2. The van der Waals surface area contributed by atoms with Crippen LogP contribution in [0.2, 0.25) is 0 Å². The summed E-state index contributed by atoms with van der Waals surface area (Å²) in [7, 11) is 3.88. The summed E-state index contributed by atoms with van der Waals surface area (Å²) in [6, 6.07) is 12.8. The maximum atomic E-state index is 12.8. The van der Waals surface area contributed by atoms with Gasteiger partial charge in [-0.05, 0) is 48.5 Å². The van der Waals surface area contributed by atoms with Crippen molar-refractivity contribution < 1.29 is 14.0 Å². The summed E-state index contributed by atoms with van der Waals surface area (Å²) in [5, 5.41) is 2.75. The molecule has 0 atom stereocenters. The van der Waals surface area contributed by atoms with Gasteiger partial charge in [-0.15, -0.1) is 0 Å². The van der Waals surface area contributed by atoms with Crippen LogP contribution in [-0.2, 0) is 4.79 Å². The lowest BCUT2D eigenvalue weighted by atomic mass is 10.1. The van der Waals surface area contributed by atoms with Gasteiger partial charge < -0.3 is 10.2 Å². The lowest BCUT2D eigenvalue weighted by Crippen LogP contribution is -2.14. The zero-order valence-corrected chi connectivity index (χ0v) is 13.2. The first-order valence-electron chi connectivity index (χ1n) is 7.32. The maximum absolute atomic E-state index is 12.8. The number of ketones is 1. The van der Waals surface area contributed by atoms with Crippen molar-refractivity contribution in [3.63, 3.8) is 0 Å². The Kier molecular flexibility index (Phi) is 5.46. The molecule has 23 heavy (non-hydrogen) atoms. The number of amides is 1. The van der Waals surface area contributed by atoms with Crippen LogP contribution in [0.5, 0.6) is 0 Å². The zero-order valence-electron chi connectivity index (χ0n) is 13.2. The van der Waals surface area contributed by atoms with Crippen LogP contribution in [-0.4, -0.2) is 25.8 Å². The van der Waals surface area contributed by atoms with Gasteiger partial charge in [0.1, 0.15) is 5.82 Å². The molecule has 4 nitrogen and oxygen atoms in total. The number of nitrogens with one attached hydrogen (secondary N) is 1. The molecule has 2 aromatic rings. The summed E-state index contributed by atoms with van der Waals surface area (Å²) in [6.07, 6.45) is 0.179. The topological polar surface area (TPSA) is 49.4 Å². The second-order valence-electron chi connectivity index (χ2n) is 5.42. The summed E-state index contributed by atoms with van der Waals surface area (Å²) >= 11 is 0. The Balaban J connectivity index is 1.85. The second-order valence-corrected chi connectivity index (χ2v) is 5.42. The number of benzene rings is 2. The average molecular weight is 314 g/mol. The van der Waals surface area contributed by atoms with Gasteiger partial charge in [0, 0.05) is 43.9 Å². The van der Waals surface area contributed by atoms with Gasteiger partial charge in [-0.25, -0.2) is 4.39 Å². The van der Waals surface area contributed by atoms with E-state index in [0.717, 1.165) is 5.69 Å². The summed E-state index contributed by atoms with van der Waals surface area (Å²) in [4.78, 5) is 25.8. The Labute approximate surface area is 134 Å². The van der Waals surface area contributed by atoms with E-state index in [-0.39, 0.29) is 30.3 Å². The minimum atomic E-state index is -0.388. The van der Waals surface area contributed by atoms with Crippen LogP contribution in [0.25, 0.3) is 0 Å². The molecule has 1 N–H and O–H groups in total. The van der Waals surface area contributed by atoms with E-state index in [4.69, 9.17) is 0 Å². The van der Waals surface area contributed by atoms with E-state index in [2.05, 4.69) is 5.32 Å². The molecule has 2 rings (SSSR count). The molecule has 0 saturated heterocycles. The van der Waals surface area contributed by atoms with E-state index >= 15 is 0 Å². The van der Waals surface area contributed by atoms with E-state index in [9.17, 15) is 14.0 Å². The van der Waals surface area contributed by atoms with Crippen molar-refractivity contribution in [1.82, 2.24) is 0 Å². The summed E-state index contributed by atoms with van der Waals surface area (Å²) in [5.41, 5.74) is 2.14. The molecule has 2 aromatic carbocycles. The predicted octanol–water partition coefficient (Wildman–Crippen LogP) is 3.49. The third-order valence-corrected chi connectivity index (χ3v) is 3.41. The number of carbonyl (C=O) groups is 2. The second kappa shape index (κ2) is 7.54. The monoisotopic (exact) mass is 314 g/mol. The van der Waals surface area contributed by atoms with Crippen LogP contribution in [0.3, 0.4) is 0 Å². The third kappa shape index (κ3) is 4.92. The molecule has 1 amide bonds. The SMILES string of the molecule is CN(C)c1ccc(NC(=O)CCC(=O)c2ccc(F)cc2)cc1. The van der Waals surface area contributed by atoms with E-state index in [1.807, 2.05) is 43.3 Å². The first-order valence-corrected chi connectivity index (χ1v) is 7.32. The number of anilines is 2. The average Bonchev–Trinajstić information content (AvgIpc) is 2.54. The Bertz CT molecular complexity index is 679. The van der Waals surface area contributed by atoms with Crippen LogP contribution >= 0.6 is 0 Å². The Hall–Kier alpha value is -2.69. The minimum absolute atomic E-state index is 0.0889. The molecule has 0 bridgehead atoms. The molecule has 5 heteroatoms. The molecule has 0 aliphatic rings. The molecule has 0 saturated carbocycles. The molecule has 120 valence electrons. The highest BCUT2D eigenvalue weighted by Gasteiger charge is 2.10. The third-order valence-electron chi connectivity index (χ3n) is 3.41. The minimum Gasteiger partial charge on any atom is -0.378 e. The van der Waals surface area contributed by atoms with Gasteiger partial charge in [-0.3, -0.25) is 9.59 Å². The fourth-order valence-electron chi connectivity index (χ4n) is 2.07. The molecule has 0 spiro atoms. The Morgan fingerprint density at radius 2 is 1.57 bits per heavy atom. The van der Waals surface area contributed by atoms with Crippen LogP contribution in [0.15, 0.2) is 48.5 Å². The highest BCUT2D eigenvalue weighted by molar-refractivity contribution is 6.00. The van der Waals surface area contributed by atoms with Crippen LogP contribution < -0.4 is 10.2 Å². The van der Waals surface area contributed by atoms with Gasteiger partial charge in [0.05, 0.1) is 0 Å². The predicted molar refractivity (Wildman–Crippen MR) is 89.4 cm³/mol. The number of hydrogen-bond donors (Lipinski definition) is 1. The highest BCUT2D eigenvalue weighted by Crippen LogP contribution is 2.16. The van der Waals surface area contributed by atoms with Gasteiger partial charge in [-0.1, -0.05) is 0 Å². The molecule has 0 aromatic heterocycles. The molecular formula is C18H19FN2O2. The van der Waals surface area contributed by atoms with Crippen molar-refractivity contribution >= 4 is 23.1 Å². The molecule has 0 aliphatic heterocycles. The largest absolute Gasteiger partial charge is 0.378 e. The lowest BCUT2D eigenvalue weighted by molar-refractivity contribution is -0.116. The summed E-state index contributed by atoms with van der Waals surface area (Å²) in [6.45, 7) is 0. The van der Waals surface area contributed by atoms with Crippen molar-refractivity contribution in [3.05, 3.63) is 59.9 Å². The van der Waals surface area contributed by atoms with Crippen molar-refractivity contribution in [3.8, 4) is 0 Å². The number of Topliss-reactive ketones (excluding diaryl/α,β-unsaturated/α-hetero) is 1. The highest BCUT2D eigenvalue weighted by atomic mass is 19.1. The standard InChI is InChI=1S/C18H19FN2O2/c1-21(2)16-9-7-15(8-10-16)20-18(23)12-11-17(22)13-3-5-14(19)6-4-13/h3-10H,11-12H2,1-2H3,(H,20,23). The molecule has 0 radical (unpaired) electrons. The maximum Gasteiger partial charge on any atom is 0.224 e. The Morgan fingerprint density at radius 1 is 0.957 bits per heavy atom. The molecule has 0 aliphatic carbocycles. The zero-order chi connectivity index (χ0) is 16.8. The fraction of sp³-hybridized carbons (Fsp3) is 0.222. The molecular weight excluding hydrogens is 295 g/mol. The van der Waals surface area contributed by atoms with Crippen molar-refractivity contribution in [2.24, 2.45) is 0 Å². The van der Waals surface area contributed by atoms with E-state index < -0.39 is 0 Å². The van der Waals surface area contributed by atoms with E-state index in [0.29, 0.717) is 11.3 Å². The molecule has 0 unspecified atom stereocenters. The van der Waals surface area contributed by atoms with Gasteiger partial charge in [0.25, 0.3) is 0 Å². The van der Waals surface area contributed by atoms with Crippen LogP contribution in [0, 0.1) is 5.82 Å². The van der Waals surface area contributed by atoms with Crippen LogP contribution in [0.1, 0.15) is 23.2 Å². The summed E-state index contributed by atoms with van der Waals surface area (Å²) in [5.74, 6) is -0.790.